The summed E-state index contributed by atoms with van der Waals surface area (Å²) in [6.07, 6.45) is 4.34. The summed E-state index contributed by atoms with van der Waals surface area (Å²) in [5.74, 6) is -3.89. The molecule has 4 aliphatic heterocycles. The molecule has 7 heterocycles. The Balaban J connectivity index is 0.000000172. The van der Waals surface area contributed by atoms with E-state index in [1.165, 1.54) is 30.7 Å². The van der Waals surface area contributed by atoms with Gasteiger partial charge in [0.2, 0.25) is 10.9 Å². The van der Waals surface area contributed by atoms with Crippen LogP contribution in [0.3, 0.4) is 0 Å². The molecule has 0 saturated carbocycles. The second kappa shape index (κ2) is 19.1. The monoisotopic (exact) mass is 973 g/mol. The van der Waals surface area contributed by atoms with Crippen molar-refractivity contribution in [2.45, 2.75) is 25.9 Å². The molecule has 0 radical (unpaired) electrons. The fraction of sp³-hybridized carbons (Fsp3) is 0.340. The predicted molar refractivity (Wildman–Crippen MR) is 254 cm³/mol. The number of carbonyl (C=O) groups is 2. The minimum absolute atomic E-state index is 0.00773. The number of pyridine rings is 3. The minimum atomic E-state index is -0.912. The van der Waals surface area contributed by atoms with Crippen LogP contribution >= 0.6 is 11.6 Å². The van der Waals surface area contributed by atoms with Crippen molar-refractivity contribution < 1.29 is 36.6 Å². The van der Waals surface area contributed by atoms with Gasteiger partial charge in [-0.3, -0.25) is 40.9 Å². The zero-order valence-corrected chi connectivity index (χ0v) is 38.7. The van der Waals surface area contributed by atoms with Crippen molar-refractivity contribution in [3.63, 3.8) is 0 Å². The maximum absolute atomic E-state index is 15.4. The van der Waals surface area contributed by atoms with E-state index in [4.69, 9.17) is 21.1 Å². The molecule has 6 aromatic rings. The molecule has 2 fully saturated rings. The Morgan fingerprint density at radius 3 is 1.54 bits per heavy atom. The summed E-state index contributed by atoms with van der Waals surface area (Å²) >= 11 is 5.78. The highest BCUT2D eigenvalue weighted by atomic mass is 35.5. The number of para-hydroxylation sites is 1. The van der Waals surface area contributed by atoms with Gasteiger partial charge in [-0.1, -0.05) is 17.7 Å². The van der Waals surface area contributed by atoms with Gasteiger partial charge in [-0.05, 0) is 64.3 Å². The van der Waals surface area contributed by atoms with Crippen LogP contribution in [0.5, 0.6) is 11.5 Å². The van der Waals surface area contributed by atoms with Gasteiger partial charge in [-0.2, -0.15) is 0 Å². The van der Waals surface area contributed by atoms with Gasteiger partial charge in [0, 0.05) is 64.8 Å². The lowest BCUT2D eigenvalue weighted by molar-refractivity contribution is 0.0952. The summed E-state index contributed by atoms with van der Waals surface area (Å²) in [5.41, 5.74) is 9.40. The van der Waals surface area contributed by atoms with E-state index in [2.05, 4.69) is 36.5 Å². The third-order valence-corrected chi connectivity index (χ3v) is 12.9. The Labute approximate surface area is 397 Å². The lowest BCUT2D eigenvalue weighted by atomic mass is 10.0. The summed E-state index contributed by atoms with van der Waals surface area (Å²) in [7, 11) is 4.02. The Hall–Kier alpha value is -7.10. The molecule has 3 aromatic carbocycles. The van der Waals surface area contributed by atoms with Crippen LogP contribution in [0.2, 0.25) is 5.15 Å². The van der Waals surface area contributed by atoms with Crippen molar-refractivity contribution in [2.24, 2.45) is 0 Å². The average molecular weight is 974 g/mol. The number of nitrogens with one attached hydrogen (secondary N) is 4. The number of benzene rings is 3. The van der Waals surface area contributed by atoms with Crippen molar-refractivity contribution in [1.29, 1.82) is 0 Å². The van der Waals surface area contributed by atoms with E-state index in [9.17, 15) is 28.0 Å². The number of hydrogen-bond donors (Lipinski definition) is 4. The Morgan fingerprint density at radius 1 is 0.652 bits per heavy atom. The molecule has 2 atom stereocenters. The van der Waals surface area contributed by atoms with Crippen molar-refractivity contribution in [2.75, 3.05) is 100 Å². The minimum Gasteiger partial charge on any atom is -0.487 e. The van der Waals surface area contributed by atoms with E-state index in [1.807, 2.05) is 42.3 Å². The second-order valence-electron chi connectivity index (χ2n) is 17.4. The predicted octanol–water partition coefficient (Wildman–Crippen LogP) is 5.53. The largest absolute Gasteiger partial charge is 0.487 e. The first-order chi connectivity index (χ1) is 33.1. The van der Waals surface area contributed by atoms with Gasteiger partial charge in [0.15, 0.2) is 34.8 Å². The van der Waals surface area contributed by atoms with Crippen molar-refractivity contribution >= 4 is 68.0 Å². The van der Waals surface area contributed by atoms with E-state index in [0.29, 0.717) is 71.8 Å². The fourth-order valence-electron chi connectivity index (χ4n) is 8.85. The van der Waals surface area contributed by atoms with E-state index in [0.717, 1.165) is 44.4 Å². The van der Waals surface area contributed by atoms with Crippen LogP contribution in [0, 0.1) is 23.3 Å². The highest BCUT2D eigenvalue weighted by Crippen LogP contribution is 2.43. The van der Waals surface area contributed by atoms with Gasteiger partial charge >= 0.3 is 0 Å². The number of ether oxygens (including phenoxy) is 2. The second-order valence-corrected chi connectivity index (χ2v) is 17.8. The molecule has 0 spiro atoms. The first-order valence-corrected chi connectivity index (χ1v) is 22.6. The van der Waals surface area contributed by atoms with Gasteiger partial charge in [0.25, 0.3) is 11.8 Å². The number of halogens is 5. The zero-order chi connectivity index (χ0) is 48.8. The molecule has 2 unspecified atom stereocenters. The Bertz CT molecular complexity index is 3100. The molecule has 0 aliphatic carbocycles. The van der Waals surface area contributed by atoms with Crippen molar-refractivity contribution in [3.05, 3.63) is 121 Å². The van der Waals surface area contributed by atoms with Crippen LogP contribution in [0.4, 0.5) is 40.3 Å². The van der Waals surface area contributed by atoms with Crippen LogP contribution in [-0.2, 0) is 0 Å². The summed E-state index contributed by atoms with van der Waals surface area (Å²) in [6.45, 7) is 9.92. The normalized spacial score (nSPS) is 17.9. The number of piperazine rings is 2. The number of aromatic nitrogens is 3. The lowest BCUT2D eigenvalue weighted by Crippen LogP contribution is -2.45. The Morgan fingerprint density at radius 2 is 1.10 bits per heavy atom. The number of hydrogen-bond acceptors (Lipinski definition) is 13. The summed E-state index contributed by atoms with van der Waals surface area (Å²) in [6, 6.07) is 8.38. The van der Waals surface area contributed by atoms with Gasteiger partial charge < -0.3 is 38.2 Å². The lowest BCUT2D eigenvalue weighted by Gasteiger charge is -2.37. The summed E-state index contributed by atoms with van der Waals surface area (Å²) < 4.78 is 74.0. The van der Waals surface area contributed by atoms with Gasteiger partial charge in [0.05, 0.1) is 45.8 Å². The van der Waals surface area contributed by atoms with Crippen LogP contribution in [0.25, 0.3) is 21.8 Å². The number of amides is 2. The number of likely N-dealkylation sites (N-methyl/N-ethyl adjacent to an activating group) is 2. The fourth-order valence-corrected chi connectivity index (χ4v) is 8.96. The first-order valence-electron chi connectivity index (χ1n) is 22.2. The summed E-state index contributed by atoms with van der Waals surface area (Å²) in [5, 5.41) is 0.415. The molecule has 2 amide bonds. The third kappa shape index (κ3) is 9.04. The van der Waals surface area contributed by atoms with Gasteiger partial charge in [-0.15, -0.1) is 0 Å². The number of nitrogens with zero attached hydrogens (tertiary/aromatic N) is 7. The standard InChI is InChI=1S/C24H24F3N5O3.C23H24ClFN6O3/c1-13-12-35-23-20-14(10-18(27)21(23)31-8-6-30(2)7-9-31)22(33)15(11-32(13)20)24(34)29-28-19-16(25)4-3-5-17(19)26;1-13-12-34-22-19-15(9-17(25)20(22)30-7-5-29(2)6-8-30)21(32)16(11-31(13)19)23(33)28-27-14-3-4-18(24)26-10-14/h3-5,10-11,13,28H,6-9,12H2,1-2H3,(H,29,34);3-4,9-11,13,27H,5-8,12H2,1-2H3,(H,28,33). The topological polar surface area (TPSA) is 171 Å². The molecule has 4 N–H and O–H groups in total. The maximum Gasteiger partial charge on any atom is 0.275 e. The highest BCUT2D eigenvalue weighted by molar-refractivity contribution is 6.29. The Kier molecular flexibility index (Phi) is 13.0. The molecular weight excluding hydrogens is 926 g/mol. The van der Waals surface area contributed by atoms with Crippen molar-refractivity contribution in [3.8, 4) is 11.5 Å². The molecule has 17 nitrogen and oxygen atoms in total. The molecule has 4 aliphatic rings. The van der Waals surface area contributed by atoms with Crippen LogP contribution in [0.1, 0.15) is 46.6 Å². The smallest absolute Gasteiger partial charge is 0.275 e. The van der Waals surface area contributed by atoms with Gasteiger partial charge in [0.1, 0.15) is 46.6 Å². The third-order valence-electron chi connectivity index (χ3n) is 12.7. The van der Waals surface area contributed by atoms with Gasteiger partial charge in [-0.25, -0.2) is 22.5 Å². The number of hydrazine groups is 2. The first kappa shape index (κ1) is 47.0. The van der Waals surface area contributed by atoms with E-state index >= 15 is 8.78 Å². The molecule has 0 bridgehead atoms. The van der Waals surface area contributed by atoms with Crippen LogP contribution in [0.15, 0.2) is 70.6 Å². The number of anilines is 4. The molecule has 10 rings (SSSR count). The van der Waals surface area contributed by atoms with Crippen LogP contribution in [-0.4, -0.2) is 115 Å². The quantitative estimate of drug-likeness (QED) is 0.0854. The molecular formula is C47H48ClF4N11O6. The molecule has 2 saturated heterocycles. The van der Waals surface area contributed by atoms with E-state index < -0.39 is 51.6 Å². The summed E-state index contributed by atoms with van der Waals surface area (Å²) in [4.78, 5) is 64.4. The SMILES string of the molecule is CC1COc2c(N3CCN(C)CC3)c(F)cc3c(=O)c(C(=O)NNc4c(F)cccc4F)cn1c23.CC1COc2c(N3CCN(C)CC3)c(F)cc3c(=O)c(C(=O)NNc4ccc(Cl)nc4)cn1c23. The average Bonchev–Trinajstić information content (AvgIpc) is 3.33. The zero-order valence-electron chi connectivity index (χ0n) is 38.0. The molecule has 3 aromatic heterocycles. The van der Waals surface area contributed by atoms with E-state index in [1.54, 1.807) is 16.7 Å². The van der Waals surface area contributed by atoms with E-state index in [-0.39, 0.29) is 46.3 Å². The number of rotatable bonds is 8. The number of carbonyl (C=O) groups excluding carboxylic acids is 2. The van der Waals surface area contributed by atoms with Crippen LogP contribution < -0.4 is 51.8 Å². The molecule has 22 heteroatoms. The maximum atomic E-state index is 15.4. The van der Waals surface area contributed by atoms with Crippen molar-refractivity contribution in [1.82, 2.24) is 34.8 Å². The molecule has 362 valence electrons. The molecule has 69 heavy (non-hydrogen) atoms. The highest BCUT2D eigenvalue weighted by Gasteiger charge is 2.33.